The van der Waals surface area contributed by atoms with E-state index in [9.17, 15) is 8.78 Å². The number of rotatable bonds is 5. The SMILES string of the molecule is CCC(C)NCCn1cnc2cc(F)c(F)cc21. The van der Waals surface area contributed by atoms with Gasteiger partial charge in [-0.15, -0.1) is 0 Å². The Bertz CT molecular complexity index is 536. The van der Waals surface area contributed by atoms with Gasteiger partial charge in [0.2, 0.25) is 0 Å². The smallest absolute Gasteiger partial charge is 0.161 e. The number of benzene rings is 1. The molecule has 0 fully saturated rings. The lowest BCUT2D eigenvalue weighted by atomic mass is 10.2. The molecule has 0 saturated heterocycles. The number of hydrogen-bond donors (Lipinski definition) is 1. The van der Waals surface area contributed by atoms with E-state index in [4.69, 9.17) is 0 Å². The molecule has 0 aliphatic heterocycles. The minimum atomic E-state index is -0.856. The van der Waals surface area contributed by atoms with Crippen molar-refractivity contribution in [1.82, 2.24) is 14.9 Å². The molecule has 0 radical (unpaired) electrons. The van der Waals surface area contributed by atoms with Crippen LogP contribution in [0.3, 0.4) is 0 Å². The predicted molar refractivity (Wildman–Crippen MR) is 67.4 cm³/mol. The van der Waals surface area contributed by atoms with E-state index in [1.807, 2.05) is 4.57 Å². The van der Waals surface area contributed by atoms with Crippen molar-refractivity contribution >= 4 is 11.0 Å². The maximum atomic E-state index is 13.2. The zero-order valence-electron chi connectivity index (χ0n) is 10.6. The van der Waals surface area contributed by atoms with Crippen LogP contribution in [0.2, 0.25) is 0 Å². The minimum Gasteiger partial charge on any atom is -0.329 e. The zero-order chi connectivity index (χ0) is 13.1. The van der Waals surface area contributed by atoms with Crippen molar-refractivity contribution in [3.05, 3.63) is 30.1 Å². The Labute approximate surface area is 105 Å². The monoisotopic (exact) mass is 253 g/mol. The summed E-state index contributed by atoms with van der Waals surface area (Å²) in [5.41, 5.74) is 1.11. The van der Waals surface area contributed by atoms with E-state index in [1.165, 1.54) is 6.07 Å². The van der Waals surface area contributed by atoms with Crippen LogP contribution in [-0.2, 0) is 6.54 Å². The van der Waals surface area contributed by atoms with Crippen molar-refractivity contribution in [3.63, 3.8) is 0 Å². The Balaban J connectivity index is 2.12. The van der Waals surface area contributed by atoms with Crippen LogP contribution in [0.1, 0.15) is 20.3 Å². The first-order valence-electron chi connectivity index (χ1n) is 6.15. The van der Waals surface area contributed by atoms with Gasteiger partial charge in [0, 0.05) is 31.3 Å². The summed E-state index contributed by atoms with van der Waals surface area (Å²) in [5, 5.41) is 3.34. The lowest BCUT2D eigenvalue weighted by Crippen LogP contribution is -2.28. The van der Waals surface area contributed by atoms with Gasteiger partial charge in [-0.1, -0.05) is 6.92 Å². The summed E-state index contributed by atoms with van der Waals surface area (Å²) in [7, 11) is 0. The van der Waals surface area contributed by atoms with E-state index in [-0.39, 0.29) is 0 Å². The second-order valence-corrected chi connectivity index (χ2v) is 4.46. The van der Waals surface area contributed by atoms with Crippen LogP contribution in [0.4, 0.5) is 8.78 Å². The fourth-order valence-electron chi connectivity index (χ4n) is 1.81. The molecule has 1 N–H and O–H groups in total. The molecule has 18 heavy (non-hydrogen) atoms. The highest BCUT2D eigenvalue weighted by atomic mass is 19.2. The summed E-state index contributed by atoms with van der Waals surface area (Å²) in [5.74, 6) is -1.69. The molecule has 3 nitrogen and oxygen atoms in total. The molecule has 1 aromatic heterocycles. The summed E-state index contributed by atoms with van der Waals surface area (Å²) in [4.78, 5) is 4.07. The van der Waals surface area contributed by atoms with Crippen molar-refractivity contribution in [1.29, 1.82) is 0 Å². The van der Waals surface area contributed by atoms with Gasteiger partial charge in [0.1, 0.15) is 0 Å². The molecule has 98 valence electrons. The molecular formula is C13H17F2N3. The third kappa shape index (κ3) is 2.67. The van der Waals surface area contributed by atoms with Gasteiger partial charge in [-0.25, -0.2) is 13.8 Å². The molecule has 1 atom stereocenters. The van der Waals surface area contributed by atoms with Gasteiger partial charge in [-0.3, -0.25) is 0 Å². The highest BCUT2D eigenvalue weighted by Gasteiger charge is 2.08. The Morgan fingerprint density at radius 1 is 1.33 bits per heavy atom. The van der Waals surface area contributed by atoms with Crippen LogP contribution in [0.25, 0.3) is 11.0 Å². The summed E-state index contributed by atoms with van der Waals surface area (Å²) in [6.07, 6.45) is 2.67. The van der Waals surface area contributed by atoms with Gasteiger partial charge in [-0.05, 0) is 13.3 Å². The first kappa shape index (κ1) is 13.0. The number of halogens is 2. The van der Waals surface area contributed by atoms with Gasteiger partial charge in [-0.2, -0.15) is 0 Å². The molecule has 2 rings (SSSR count). The first-order chi connectivity index (χ1) is 8.61. The number of aromatic nitrogens is 2. The van der Waals surface area contributed by atoms with Crippen LogP contribution in [0, 0.1) is 11.6 Å². The topological polar surface area (TPSA) is 29.9 Å². The van der Waals surface area contributed by atoms with Crippen LogP contribution in [0.15, 0.2) is 18.5 Å². The molecule has 0 aliphatic rings. The van der Waals surface area contributed by atoms with Crippen LogP contribution in [-0.4, -0.2) is 22.1 Å². The van der Waals surface area contributed by atoms with Crippen LogP contribution < -0.4 is 5.32 Å². The molecule has 5 heteroatoms. The Hall–Kier alpha value is -1.49. The normalized spacial score (nSPS) is 13.1. The highest BCUT2D eigenvalue weighted by molar-refractivity contribution is 5.75. The van der Waals surface area contributed by atoms with E-state index in [0.717, 1.165) is 19.0 Å². The molecule has 1 unspecified atom stereocenters. The molecule has 0 aliphatic carbocycles. The fourth-order valence-corrected chi connectivity index (χ4v) is 1.81. The largest absolute Gasteiger partial charge is 0.329 e. The van der Waals surface area contributed by atoms with Crippen molar-refractivity contribution in [3.8, 4) is 0 Å². The number of fused-ring (bicyclic) bond motifs is 1. The maximum absolute atomic E-state index is 13.2. The molecule has 0 spiro atoms. The standard InChI is InChI=1S/C13H17F2N3/c1-3-9(2)16-4-5-18-8-17-12-6-10(14)11(15)7-13(12)18/h6-9,16H,3-5H2,1-2H3. The number of hydrogen-bond acceptors (Lipinski definition) is 2. The third-order valence-electron chi connectivity index (χ3n) is 3.12. The molecule has 0 amide bonds. The van der Waals surface area contributed by atoms with Crippen LogP contribution in [0.5, 0.6) is 0 Å². The summed E-state index contributed by atoms with van der Waals surface area (Å²) in [6, 6.07) is 2.78. The van der Waals surface area contributed by atoms with E-state index in [2.05, 4.69) is 24.1 Å². The number of nitrogens with one attached hydrogen (secondary N) is 1. The second kappa shape index (κ2) is 5.44. The Morgan fingerprint density at radius 2 is 2.06 bits per heavy atom. The average Bonchev–Trinajstić information content (AvgIpc) is 2.72. The van der Waals surface area contributed by atoms with Gasteiger partial charge >= 0.3 is 0 Å². The summed E-state index contributed by atoms with van der Waals surface area (Å²) >= 11 is 0. The van der Waals surface area contributed by atoms with Crippen molar-refractivity contribution in [2.24, 2.45) is 0 Å². The third-order valence-corrected chi connectivity index (χ3v) is 3.12. The Morgan fingerprint density at radius 3 is 2.78 bits per heavy atom. The summed E-state index contributed by atoms with van der Waals surface area (Å²) in [6.45, 7) is 5.69. The predicted octanol–water partition coefficient (Wildman–Crippen LogP) is 2.70. The zero-order valence-corrected chi connectivity index (χ0v) is 10.6. The quantitative estimate of drug-likeness (QED) is 0.888. The van der Waals surface area contributed by atoms with E-state index < -0.39 is 11.6 Å². The molecule has 0 bridgehead atoms. The second-order valence-electron chi connectivity index (χ2n) is 4.46. The van der Waals surface area contributed by atoms with E-state index in [1.54, 1.807) is 6.33 Å². The van der Waals surface area contributed by atoms with Crippen molar-refractivity contribution < 1.29 is 8.78 Å². The lowest BCUT2D eigenvalue weighted by Gasteiger charge is -2.11. The number of nitrogens with zero attached hydrogens (tertiary/aromatic N) is 2. The average molecular weight is 253 g/mol. The molecule has 1 heterocycles. The molecule has 2 aromatic rings. The minimum absolute atomic E-state index is 0.453. The molecular weight excluding hydrogens is 236 g/mol. The van der Waals surface area contributed by atoms with Crippen molar-refractivity contribution in [2.75, 3.05) is 6.54 Å². The Kier molecular flexibility index (Phi) is 3.91. The fraction of sp³-hybridized carbons (Fsp3) is 0.462. The lowest BCUT2D eigenvalue weighted by molar-refractivity contribution is 0.504. The molecule has 1 aromatic carbocycles. The van der Waals surface area contributed by atoms with Gasteiger partial charge in [0.25, 0.3) is 0 Å². The highest BCUT2D eigenvalue weighted by Crippen LogP contribution is 2.17. The summed E-state index contributed by atoms with van der Waals surface area (Å²) < 4.78 is 28.0. The van der Waals surface area contributed by atoms with Gasteiger partial charge < -0.3 is 9.88 Å². The van der Waals surface area contributed by atoms with E-state index >= 15 is 0 Å². The molecule has 0 saturated carbocycles. The van der Waals surface area contributed by atoms with E-state index in [0.29, 0.717) is 23.6 Å². The number of imidazole rings is 1. The van der Waals surface area contributed by atoms with Gasteiger partial charge in [0.15, 0.2) is 11.6 Å². The van der Waals surface area contributed by atoms with Crippen molar-refractivity contribution in [2.45, 2.75) is 32.9 Å². The van der Waals surface area contributed by atoms with Gasteiger partial charge in [0.05, 0.1) is 17.4 Å². The maximum Gasteiger partial charge on any atom is 0.161 e. The van der Waals surface area contributed by atoms with Crippen LogP contribution >= 0.6 is 0 Å². The first-order valence-corrected chi connectivity index (χ1v) is 6.15.